The monoisotopic (exact) mass is 309 g/mol. The molecule has 1 aromatic rings. The van der Waals surface area contributed by atoms with Crippen LogP contribution in [0.3, 0.4) is 0 Å². The maximum Gasteiger partial charge on any atom is 0.103 e. The minimum absolute atomic E-state index is 0.384. The van der Waals surface area contributed by atoms with Gasteiger partial charge in [0.15, 0.2) is 0 Å². The Bertz CT molecular complexity index is 434. The number of hydrogen-bond donors (Lipinski definition) is 2. The van der Waals surface area contributed by atoms with Crippen molar-refractivity contribution in [3.63, 3.8) is 0 Å². The Labute approximate surface area is 133 Å². The van der Waals surface area contributed by atoms with Crippen LogP contribution in [-0.4, -0.2) is 60.2 Å². The van der Waals surface area contributed by atoms with Crippen LogP contribution in [0, 0.1) is 0 Å². The van der Waals surface area contributed by atoms with Gasteiger partial charge in [0.05, 0.1) is 6.10 Å². The summed E-state index contributed by atoms with van der Waals surface area (Å²) in [6.07, 6.45) is 0.597. The first kappa shape index (κ1) is 18.0. The molecule has 118 valence electrons. The first-order valence-corrected chi connectivity index (χ1v) is 7.79. The standard InChI is InChI=1S/C16H27N3OS/c1-4-9-19(11-10-18(2)3)12-15(20)13-5-7-14(8-6-13)16(17)21/h5-8,15,20H,4,9-12H2,1-3H3,(H2,17,21). The summed E-state index contributed by atoms with van der Waals surface area (Å²) in [5, 5.41) is 10.4. The average molecular weight is 309 g/mol. The van der Waals surface area contributed by atoms with Crippen LogP contribution in [0.1, 0.15) is 30.6 Å². The van der Waals surface area contributed by atoms with E-state index < -0.39 is 6.10 Å². The minimum atomic E-state index is -0.487. The molecule has 4 nitrogen and oxygen atoms in total. The Balaban J connectivity index is 2.62. The number of nitrogens with two attached hydrogens (primary N) is 1. The highest BCUT2D eigenvalue weighted by molar-refractivity contribution is 7.80. The van der Waals surface area contributed by atoms with Gasteiger partial charge in [-0.25, -0.2) is 0 Å². The highest BCUT2D eigenvalue weighted by Crippen LogP contribution is 2.15. The first-order valence-electron chi connectivity index (χ1n) is 7.39. The lowest BCUT2D eigenvalue weighted by Crippen LogP contribution is -2.35. The molecule has 0 aliphatic heterocycles. The molecule has 0 amide bonds. The van der Waals surface area contributed by atoms with Crippen molar-refractivity contribution in [3.8, 4) is 0 Å². The van der Waals surface area contributed by atoms with Crippen LogP contribution >= 0.6 is 12.2 Å². The average Bonchev–Trinajstić information content (AvgIpc) is 2.45. The summed E-state index contributed by atoms with van der Waals surface area (Å²) in [5.41, 5.74) is 7.32. The van der Waals surface area contributed by atoms with Gasteiger partial charge in [-0.1, -0.05) is 43.4 Å². The number of rotatable bonds is 9. The van der Waals surface area contributed by atoms with E-state index in [0.717, 1.165) is 37.2 Å². The van der Waals surface area contributed by atoms with E-state index in [-0.39, 0.29) is 0 Å². The van der Waals surface area contributed by atoms with Gasteiger partial charge in [-0.2, -0.15) is 0 Å². The number of likely N-dealkylation sites (N-methyl/N-ethyl adjacent to an activating group) is 1. The van der Waals surface area contributed by atoms with E-state index in [1.54, 1.807) is 0 Å². The molecule has 0 bridgehead atoms. The molecule has 0 aliphatic carbocycles. The molecule has 0 aromatic heterocycles. The van der Waals surface area contributed by atoms with E-state index in [1.807, 2.05) is 24.3 Å². The van der Waals surface area contributed by atoms with E-state index in [0.29, 0.717) is 11.5 Å². The zero-order valence-electron chi connectivity index (χ0n) is 13.2. The van der Waals surface area contributed by atoms with Gasteiger partial charge in [0.2, 0.25) is 0 Å². The quantitative estimate of drug-likeness (QED) is 0.679. The van der Waals surface area contributed by atoms with Crippen molar-refractivity contribution in [2.75, 3.05) is 40.3 Å². The number of benzene rings is 1. The lowest BCUT2D eigenvalue weighted by molar-refractivity contribution is 0.108. The van der Waals surface area contributed by atoms with Crippen LogP contribution < -0.4 is 5.73 Å². The molecule has 0 aliphatic rings. The third-order valence-electron chi connectivity index (χ3n) is 3.41. The van der Waals surface area contributed by atoms with Crippen molar-refractivity contribution < 1.29 is 5.11 Å². The fraction of sp³-hybridized carbons (Fsp3) is 0.562. The molecule has 0 spiro atoms. The summed E-state index contributed by atoms with van der Waals surface area (Å²) in [4.78, 5) is 4.84. The fourth-order valence-corrected chi connectivity index (χ4v) is 2.31. The van der Waals surface area contributed by atoms with E-state index in [2.05, 4.69) is 30.8 Å². The molecule has 1 atom stereocenters. The second kappa shape index (κ2) is 9.10. The molecule has 21 heavy (non-hydrogen) atoms. The third kappa shape index (κ3) is 6.52. The maximum absolute atomic E-state index is 10.4. The van der Waals surface area contributed by atoms with Crippen molar-refractivity contribution in [2.45, 2.75) is 19.4 Å². The predicted molar refractivity (Wildman–Crippen MR) is 92.6 cm³/mol. The normalized spacial score (nSPS) is 12.9. The molecule has 1 rings (SSSR count). The highest BCUT2D eigenvalue weighted by Gasteiger charge is 2.13. The first-order chi connectivity index (χ1) is 9.93. The molecular weight excluding hydrogens is 282 g/mol. The summed E-state index contributed by atoms with van der Waals surface area (Å²) in [6, 6.07) is 7.53. The second-order valence-electron chi connectivity index (χ2n) is 5.61. The lowest BCUT2D eigenvalue weighted by atomic mass is 10.1. The Morgan fingerprint density at radius 2 is 1.81 bits per heavy atom. The summed E-state index contributed by atoms with van der Waals surface area (Å²) in [7, 11) is 4.13. The van der Waals surface area contributed by atoms with Gasteiger partial charge in [0, 0.05) is 25.2 Å². The Hall–Kier alpha value is -1.01. The highest BCUT2D eigenvalue weighted by atomic mass is 32.1. The number of nitrogens with zero attached hydrogens (tertiary/aromatic N) is 2. The maximum atomic E-state index is 10.4. The molecule has 0 heterocycles. The lowest BCUT2D eigenvalue weighted by Gasteiger charge is -2.26. The van der Waals surface area contributed by atoms with Crippen molar-refractivity contribution in [2.24, 2.45) is 5.73 Å². The number of aliphatic hydroxyl groups excluding tert-OH is 1. The molecular formula is C16H27N3OS. The molecule has 1 unspecified atom stereocenters. The van der Waals surface area contributed by atoms with Gasteiger partial charge in [-0.05, 0) is 32.6 Å². The summed E-state index contributed by atoms with van der Waals surface area (Å²) < 4.78 is 0. The fourth-order valence-electron chi connectivity index (χ4n) is 2.17. The number of aliphatic hydroxyl groups is 1. The predicted octanol–water partition coefficient (Wildman–Crippen LogP) is 1.63. The second-order valence-corrected chi connectivity index (χ2v) is 6.05. The molecule has 0 radical (unpaired) electrons. The van der Waals surface area contributed by atoms with Gasteiger partial charge in [-0.3, -0.25) is 4.90 Å². The van der Waals surface area contributed by atoms with Crippen LogP contribution in [0.2, 0.25) is 0 Å². The van der Waals surface area contributed by atoms with Gasteiger partial charge in [0.25, 0.3) is 0 Å². The summed E-state index contributed by atoms with van der Waals surface area (Å²) in [5.74, 6) is 0. The van der Waals surface area contributed by atoms with Crippen LogP contribution in [0.25, 0.3) is 0 Å². The molecule has 5 heteroatoms. The zero-order valence-corrected chi connectivity index (χ0v) is 14.1. The van der Waals surface area contributed by atoms with Gasteiger partial charge < -0.3 is 15.7 Å². The Morgan fingerprint density at radius 3 is 2.29 bits per heavy atom. The summed E-state index contributed by atoms with van der Waals surface area (Å²) >= 11 is 4.94. The number of hydrogen-bond acceptors (Lipinski definition) is 4. The van der Waals surface area contributed by atoms with E-state index >= 15 is 0 Å². The van der Waals surface area contributed by atoms with Crippen LogP contribution in [0.15, 0.2) is 24.3 Å². The molecule has 3 N–H and O–H groups in total. The Kier molecular flexibility index (Phi) is 7.82. The smallest absolute Gasteiger partial charge is 0.103 e. The van der Waals surface area contributed by atoms with Crippen LogP contribution in [-0.2, 0) is 0 Å². The van der Waals surface area contributed by atoms with Gasteiger partial charge in [0.1, 0.15) is 4.99 Å². The van der Waals surface area contributed by atoms with Crippen molar-refractivity contribution in [3.05, 3.63) is 35.4 Å². The SMILES string of the molecule is CCCN(CCN(C)C)CC(O)c1ccc(C(N)=S)cc1. The van der Waals surface area contributed by atoms with Crippen molar-refractivity contribution in [1.29, 1.82) is 0 Å². The van der Waals surface area contributed by atoms with E-state index in [4.69, 9.17) is 18.0 Å². The van der Waals surface area contributed by atoms with E-state index in [9.17, 15) is 5.11 Å². The molecule has 0 saturated carbocycles. The Morgan fingerprint density at radius 1 is 1.19 bits per heavy atom. The topological polar surface area (TPSA) is 52.7 Å². The van der Waals surface area contributed by atoms with Crippen LogP contribution in [0.5, 0.6) is 0 Å². The summed E-state index contributed by atoms with van der Waals surface area (Å²) in [6.45, 7) is 5.76. The van der Waals surface area contributed by atoms with Crippen molar-refractivity contribution >= 4 is 17.2 Å². The van der Waals surface area contributed by atoms with Crippen molar-refractivity contribution in [1.82, 2.24) is 9.80 Å². The largest absolute Gasteiger partial charge is 0.389 e. The van der Waals surface area contributed by atoms with Gasteiger partial charge in [-0.15, -0.1) is 0 Å². The van der Waals surface area contributed by atoms with Gasteiger partial charge >= 0.3 is 0 Å². The van der Waals surface area contributed by atoms with Crippen LogP contribution in [0.4, 0.5) is 0 Å². The molecule has 1 aromatic carbocycles. The van der Waals surface area contributed by atoms with E-state index in [1.165, 1.54) is 0 Å². The minimum Gasteiger partial charge on any atom is -0.389 e. The number of thiocarbonyl (C=S) groups is 1. The molecule has 0 fully saturated rings. The third-order valence-corrected chi connectivity index (χ3v) is 3.65. The zero-order chi connectivity index (χ0) is 15.8. The molecule has 0 saturated heterocycles.